The van der Waals surface area contributed by atoms with Gasteiger partial charge in [-0.3, -0.25) is 4.90 Å². The van der Waals surface area contributed by atoms with Gasteiger partial charge >= 0.3 is 6.03 Å². The lowest BCUT2D eigenvalue weighted by Crippen LogP contribution is -2.37. The fourth-order valence-corrected chi connectivity index (χ4v) is 5.76. The van der Waals surface area contributed by atoms with Crippen molar-refractivity contribution in [3.63, 3.8) is 0 Å². The minimum Gasteiger partial charge on any atom is -0.314 e. The number of anilines is 1. The van der Waals surface area contributed by atoms with Gasteiger partial charge in [0.25, 0.3) is 0 Å². The van der Waals surface area contributed by atoms with Crippen LogP contribution in [0.5, 0.6) is 0 Å². The Labute approximate surface area is 153 Å². The number of para-hydroxylation sites is 1. The van der Waals surface area contributed by atoms with Crippen LogP contribution in [0.25, 0.3) is 6.08 Å². The zero-order valence-electron chi connectivity index (χ0n) is 14.3. The molecule has 4 rings (SSSR count). The molecule has 0 unspecified atom stereocenters. The van der Waals surface area contributed by atoms with Gasteiger partial charge in [0.15, 0.2) is 9.84 Å². The quantitative estimate of drug-likeness (QED) is 0.780. The van der Waals surface area contributed by atoms with Crippen molar-refractivity contribution in [3.8, 4) is 0 Å². The summed E-state index contributed by atoms with van der Waals surface area (Å²) in [6, 6.07) is 16.3. The number of benzene rings is 2. The molecular formula is C20H20N2O3S. The second kappa shape index (κ2) is 6.29. The summed E-state index contributed by atoms with van der Waals surface area (Å²) in [6.07, 6.45) is 1.77. The topological polar surface area (TPSA) is 57.7 Å². The average molecular weight is 368 g/mol. The van der Waals surface area contributed by atoms with Crippen LogP contribution in [0, 0.1) is 0 Å². The van der Waals surface area contributed by atoms with Crippen LogP contribution in [-0.4, -0.2) is 42.9 Å². The molecule has 2 heterocycles. The molecule has 0 N–H and O–H groups in total. The van der Waals surface area contributed by atoms with E-state index >= 15 is 0 Å². The van der Waals surface area contributed by atoms with Crippen LogP contribution in [0.1, 0.15) is 11.1 Å². The van der Waals surface area contributed by atoms with E-state index in [4.69, 9.17) is 0 Å². The van der Waals surface area contributed by atoms with E-state index in [1.54, 1.807) is 15.9 Å². The van der Waals surface area contributed by atoms with Crippen LogP contribution in [0.15, 0.2) is 61.2 Å². The van der Waals surface area contributed by atoms with Gasteiger partial charge in [0, 0.05) is 12.2 Å². The summed E-state index contributed by atoms with van der Waals surface area (Å²) in [5.74, 6) is 0.0433. The molecule has 5 nitrogen and oxygen atoms in total. The normalized spacial score (nSPS) is 23.9. The molecule has 2 amide bonds. The molecule has 0 radical (unpaired) electrons. The highest BCUT2D eigenvalue weighted by atomic mass is 32.2. The van der Waals surface area contributed by atoms with Gasteiger partial charge in [-0.25, -0.2) is 13.2 Å². The molecule has 6 heteroatoms. The zero-order valence-corrected chi connectivity index (χ0v) is 15.1. The minimum atomic E-state index is -3.15. The largest absolute Gasteiger partial charge is 0.325 e. The molecule has 2 aliphatic rings. The van der Waals surface area contributed by atoms with Gasteiger partial charge < -0.3 is 4.90 Å². The van der Waals surface area contributed by atoms with Crippen molar-refractivity contribution < 1.29 is 13.2 Å². The van der Waals surface area contributed by atoms with E-state index in [1.165, 1.54) is 0 Å². The van der Waals surface area contributed by atoms with Crippen LogP contribution in [0.3, 0.4) is 0 Å². The Morgan fingerprint density at radius 1 is 1.00 bits per heavy atom. The standard InChI is InChI=1S/C20H20N2O3S/c1-2-15-8-10-16(11-9-15)12-21-18-13-26(24,25)14-19(18)22(20(21)23)17-6-4-3-5-7-17/h2-11,18-19H,1,12-14H2/t18-,19+/m1/s1. The highest BCUT2D eigenvalue weighted by Gasteiger charge is 2.53. The van der Waals surface area contributed by atoms with Crippen molar-refractivity contribution in [3.05, 3.63) is 72.3 Å². The fourth-order valence-electron chi connectivity index (χ4n) is 3.81. The lowest BCUT2D eigenvalue weighted by molar-refractivity contribution is 0.206. The molecule has 2 saturated heterocycles. The maximum Gasteiger partial charge on any atom is 0.325 e. The average Bonchev–Trinajstić information content (AvgIpc) is 3.07. The molecule has 0 aromatic heterocycles. The van der Waals surface area contributed by atoms with Gasteiger partial charge in [-0.05, 0) is 23.3 Å². The number of carbonyl (C=O) groups is 1. The molecule has 2 atom stereocenters. The molecule has 0 saturated carbocycles. The van der Waals surface area contributed by atoms with Crippen molar-refractivity contribution in [1.29, 1.82) is 0 Å². The van der Waals surface area contributed by atoms with E-state index in [2.05, 4.69) is 6.58 Å². The third-order valence-electron chi connectivity index (χ3n) is 5.08. The first-order valence-corrected chi connectivity index (χ1v) is 10.4. The van der Waals surface area contributed by atoms with E-state index in [-0.39, 0.29) is 29.6 Å². The minimum absolute atomic E-state index is 0.0181. The van der Waals surface area contributed by atoms with Crippen molar-refractivity contribution in [1.82, 2.24) is 4.90 Å². The maximum atomic E-state index is 13.1. The Morgan fingerprint density at radius 2 is 1.65 bits per heavy atom. The Hall–Kier alpha value is -2.60. The summed E-state index contributed by atoms with van der Waals surface area (Å²) in [5.41, 5.74) is 2.73. The summed E-state index contributed by atoms with van der Waals surface area (Å²) in [4.78, 5) is 16.4. The molecule has 0 bridgehead atoms. The summed E-state index contributed by atoms with van der Waals surface area (Å²) < 4.78 is 24.5. The number of rotatable bonds is 4. The van der Waals surface area contributed by atoms with E-state index < -0.39 is 9.84 Å². The predicted octanol–water partition coefficient (Wildman–Crippen LogP) is 2.94. The second-order valence-corrected chi connectivity index (χ2v) is 8.93. The predicted molar refractivity (Wildman–Crippen MR) is 103 cm³/mol. The van der Waals surface area contributed by atoms with E-state index in [0.29, 0.717) is 6.54 Å². The summed E-state index contributed by atoms with van der Waals surface area (Å²) >= 11 is 0. The molecule has 0 spiro atoms. The number of amides is 2. The first kappa shape index (κ1) is 16.8. The van der Waals surface area contributed by atoms with E-state index in [0.717, 1.165) is 16.8 Å². The van der Waals surface area contributed by atoms with Gasteiger partial charge in [-0.15, -0.1) is 0 Å². The van der Waals surface area contributed by atoms with Crippen molar-refractivity contribution in [2.24, 2.45) is 0 Å². The highest BCUT2D eigenvalue weighted by molar-refractivity contribution is 7.91. The smallest absolute Gasteiger partial charge is 0.314 e. The Balaban J connectivity index is 1.67. The van der Waals surface area contributed by atoms with Crippen LogP contribution in [-0.2, 0) is 16.4 Å². The summed E-state index contributed by atoms with van der Waals surface area (Å²) in [7, 11) is -3.15. The van der Waals surface area contributed by atoms with Crippen LogP contribution in [0.2, 0.25) is 0 Å². The third kappa shape index (κ3) is 2.90. The lowest BCUT2D eigenvalue weighted by atomic mass is 10.1. The van der Waals surface area contributed by atoms with Gasteiger partial charge in [-0.1, -0.05) is 55.1 Å². The van der Waals surface area contributed by atoms with E-state index in [9.17, 15) is 13.2 Å². The van der Waals surface area contributed by atoms with Crippen LogP contribution >= 0.6 is 0 Å². The lowest BCUT2D eigenvalue weighted by Gasteiger charge is -2.22. The molecule has 2 aromatic rings. The molecule has 26 heavy (non-hydrogen) atoms. The Kier molecular flexibility index (Phi) is 4.07. The number of hydrogen-bond donors (Lipinski definition) is 0. The Morgan fingerprint density at radius 3 is 2.31 bits per heavy atom. The Bertz CT molecular complexity index is 939. The molecule has 2 aromatic carbocycles. The number of hydrogen-bond acceptors (Lipinski definition) is 3. The second-order valence-electron chi connectivity index (χ2n) is 6.77. The molecule has 2 aliphatic heterocycles. The van der Waals surface area contributed by atoms with Crippen LogP contribution < -0.4 is 4.90 Å². The van der Waals surface area contributed by atoms with Crippen molar-refractivity contribution in [2.75, 3.05) is 16.4 Å². The number of urea groups is 1. The van der Waals surface area contributed by atoms with E-state index in [1.807, 2.05) is 54.6 Å². The van der Waals surface area contributed by atoms with Gasteiger partial charge in [0.1, 0.15) is 0 Å². The van der Waals surface area contributed by atoms with Crippen molar-refractivity contribution >= 4 is 27.6 Å². The molecular weight excluding hydrogens is 348 g/mol. The SMILES string of the molecule is C=Cc1ccc(CN2C(=O)N(c3ccccc3)[C@H]3CS(=O)(=O)C[C@H]32)cc1. The molecule has 2 fully saturated rings. The monoisotopic (exact) mass is 368 g/mol. The van der Waals surface area contributed by atoms with Gasteiger partial charge in [-0.2, -0.15) is 0 Å². The first-order valence-electron chi connectivity index (χ1n) is 8.55. The zero-order chi connectivity index (χ0) is 18.3. The number of fused-ring (bicyclic) bond motifs is 1. The summed E-state index contributed by atoms with van der Waals surface area (Å²) in [5, 5.41) is 0. The number of sulfone groups is 1. The van der Waals surface area contributed by atoms with Gasteiger partial charge in [0.05, 0.1) is 23.6 Å². The maximum absolute atomic E-state index is 13.1. The molecule has 0 aliphatic carbocycles. The van der Waals surface area contributed by atoms with Gasteiger partial charge in [0.2, 0.25) is 0 Å². The third-order valence-corrected chi connectivity index (χ3v) is 6.78. The number of nitrogens with zero attached hydrogens (tertiary/aromatic N) is 2. The van der Waals surface area contributed by atoms with Crippen molar-refractivity contribution in [2.45, 2.75) is 18.6 Å². The van der Waals surface area contributed by atoms with Crippen LogP contribution in [0.4, 0.5) is 10.5 Å². The highest BCUT2D eigenvalue weighted by Crippen LogP contribution is 2.35. The summed E-state index contributed by atoms with van der Waals surface area (Å²) in [6.45, 7) is 4.14. The first-order chi connectivity index (χ1) is 12.5. The molecule has 134 valence electrons. The number of carbonyl (C=O) groups excluding carboxylic acids is 1. The fraction of sp³-hybridized carbons (Fsp3) is 0.250.